The number of nitrogens with one attached hydrogen (secondary N) is 1. The van der Waals surface area contributed by atoms with Crippen molar-refractivity contribution in [3.63, 3.8) is 0 Å². The van der Waals surface area contributed by atoms with Gasteiger partial charge in [0.25, 0.3) is 0 Å². The van der Waals surface area contributed by atoms with E-state index in [1.54, 1.807) is 24.4 Å². The molecule has 1 heterocycles. The van der Waals surface area contributed by atoms with Crippen LogP contribution in [-0.4, -0.2) is 18.4 Å². The highest BCUT2D eigenvalue weighted by molar-refractivity contribution is 7.89. The van der Waals surface area contributed by atoms with Gasteiger partial charge in [0, 0.05) is 6.20 Å². The molecule has 0 spiro atoms. The van der Waals surface area contributed by atoms with E-state index in [2.05, 4.69) is 9.71 Å². The Morgan fingerprint density at radius 1 is 1.29 bits per heavy atom. The molecule has 8 heteroatoms. The first-order valence-corrected chi connectivity index (χ1v) is 7.79. The topological polar surface area (TPSA) is 85.1 Å². The van der Waals surface area contributed by atoms with Crippen LogP contribution < -0.4 is 10.5 Å². The van der Waals surface area contributed by atoms with Crippen LogP contribution in [0.3, 0.4) is 0 Å². The lowest BCUT2D eigenvalue weighted by Crippen LogP contribution is -2.27. The summed E-state index contributed by atoms with van der Waals surface area (Å²) in [5, 5.41) is 0. The summed E-state index contributed by atoms with van der Waals surface area (Å²) in [6, 6.07) is 8.76. The Morgan fingerprint density at radius 3 is 2.67 bits per heavy atom. The molecule has 0 aliphatic carbocycles. The van der Waals surface area contributed by atoms with E-state index >= 15 is 0 Å². The highest BCUT2D eigenvalue weighted by Crippen LogP contribution is 2.19. The number of halogens is 1. The Hall–Kier alpha value is -1.90. The Kier molecular flexibility index (Phi) is 4.61. The van der Waals surface area contributed by atoms with Gasteiger partial charge in [0.2, 0.25) is 10.0 Å². The van der Waals surface area contributed by atoms with E-state index in [4.69, 9.17) is 18.0 Å². The summed E-state index contributed by atoms with van der Waals surface area (Å²) in [6.07, 6.45) is 1.55. The van der Waals surface area contributed by atoms with Crippen LogP contribution in [0.15, 0.2) is 47.5 Å². The molecule has 0 radical (unpaired) electrons. The molecule has 110 valence electrons. The van der Waals surface area contributed by atoms with E-state index in [0.29, 0.717) is 5.69 Å². The Bertz CT molecular complexity index is 764. The highest BCUT2D eigenvalue weighted by atomic mass is 32.2. The van der Waals surface area contributed by atoms with Crippen molar-refractivity contribution in [2.45, 2.75) is 11.4 Å². The van der Waals surface area contributed by atoms with Crippen molar-refractivity contribution in [1.29, 1.82) is 0 Å². The number of hydrogen-bond acceptors (Lipinski definition) is 4. The van der Waals surface area contributed by atoms with Gasteiger partial charge in [-0.15, -0.1) is 0 Å². The number of thiocarbonyl (C=S) groups is 1. The molecule has 5 nitrogen and oxygen atoms in total. The van der Waals surface area contributed by atoms with Crippen molar-refractivity contribution >= 4 is 27.2 Å². The molecule has 3 N–H and O–H groups in total. The minimum Gasteiger partial charge on any atom is -0.389 e. The second-order valence-electron chi connectivity index (χ2n) is 4.12. The molecular formula is C13H12FN3O2S2. The molecule has 2 rings (SSSR count). The van der Waals surface area contributed by atoms with Gasteiger partial charge in [-0.05, 0) is 24.3 Å². The number of pyridine rings is 1. The monoisotopic (exact) mass is 325 g/mol. The first kappa shape index (κ1) is 15.5. The molecule has 1 aromatic heterocycles. The average Bonchev–Trinajstić information content (AvgIpc) is 2.46. The molecule has 0 aliphatic heterocycles. The molecule has 21 heavy (non-hydrogen) atoms. The van der Waals surface area contributed by atoms with Gasteiger partial charge in [-0.1, -0.05) is 24.4 Å². The molecule has 0 bridgehead atoms. The zero-order chi connectivity index (χ0) is 15.5. The fourth-order valence-corrected chi connectivity index (χ4v) is 3.22. The molecular weight excluding hydrogens is 313 g/mol. The van der Waals surface area contributed by atoms with Crippen LogP contribution in [0.4, 0.5) is 4.39 Å². The number of aromatic nitrogens is 1. The lowest BCUT2D eigenvalue weighted by molar-refractivity contribution is 0.576. The van der Waals surface area contributed by atoms with E-state index in [1.807, 2.05) is 0 Å². The Morgan fingerprint density at radius 2 is 2.05 bits per heavy atom. The molecule has 1 aromatic carbocycles. The third-order valence-corrected chi connectivity index (χ3v) is 4.33. The van der Waals surface area contributed by atoms with Crippen molar-refractivity contribution in [2.75, 3.05) is 0 Å². The van der Waals surface area contributed by atoms with Crippen molar-refractivity contribution < 1.29 is 12.8 Å². The number of sulfonamides is 1. The third-order valence-electron chi connectivity index (χ3n) is 2.68. The van der Waals surface area contributed by atoms with Crippen molar-refractivity contribution in [3.8, 4) is 0 Å². The van der Waals surface area contributed by atoms with Crippen LogP contribution in [0.1, 0.15) is 11.3 Å². The molecule has 2 aromatic rings. The average molecular weight is 325 g/mol. The van der Waals surface area contributed by atoms with E-state index in [-0.39, 0.29) is 22.0 Å². The number of rotatable bonds is 5. The second kappa shape index (κ2) is 6.25. The Labute approximate surface area is 127 Å². The molecule has 0 aliphatic rings. The summed E-state index contributed by atoms with van der Waals surface area (Å²) in [7, 11) is -3.95. The van der Waals surface area contributed by atoms with Crippen LogP contribution in [0.2, 0.25) is 0 Å². The van der Waals surface area contributed by atoms with Crippen molar-refractivity contribution in [2.24, 2.45) is 5.73 Å². The fraction of sp³-hybridized carbons (Fsp3) is 0.0769. The minimum absolute atomic E-state index is 0.0174. The lowest BCUT2D eigenvalue weighted by Gasteiger charge is -2.11. The normalized spacial score (nSPS) is 11.3. The molecule has 0 unspecified atom stereocenters. The van der Waals surface area contributed by atoms with Crippen molar-refractivity contribution in [3.05, 3.63) is 59.7 Å². The molecule has 0 saturated carbocycles. The zero-order valence-electron chi connectivity index (χ0n) is 10.8. The summed E-state index contributed by atoms with van der Waals surface area (Å²) in [6.45, 7) is -0.0174. The van der Waals surface area contributed by atoms with Gasteiger partial charge in [0.15, 0.2) is 0 Å². The standard InChI is InChI=1S/C13H12FN3O2S2/c14-10-5-3-6-11(12(10)13(15)20)21(18,19)17-8-9-4-1-2-7-16-9/h1-7,17H,8H2,(H2,15,20). The fourth-order valence-electron chi connectivity index (χ4n) is 1.72. The molecule has 0 fully saturated rings. The molecule has 0 amide bonds. The molecule has 0 atom stereocenters. The predicted molar refractivity (Wildman–Crippen MR) is 80.5 cm³/mol. The highest BCUT2D eigenvalue weighted by Gasteiger charge is 2.22. The van der Waals surface area contributed by atoms with Crippen LogP contribution in [0.5, 0.6) is 0 Å². The molecule has 0 saturated heterocycles. The SMILES string of the molecule is NC(=S)c1c(F)cccc1S(=O)(=O)NCc1ccccn1. The van der Waals surface area contributed by atoms with Gasteiger partial charge in [-0.3, -0.25) is 4.98 Å². The first-order chi connectivity index (χ1) is 9.92. The van der Waals surface area contributed by atoms with Crippen molar-refractivity contribution in [1.82, 2.24) is 9.71 Å². The maximum atomic E-state index is 13.7. The van der Waals surface area contributed by atoms with Gasteiger partial charge >= 0.3 is 0 Å². The van der Waals surface area contributed by atoms with Crippen LogP contribution in [0.25, 0.3) is 0 Å². The van der Waals surface area contributed by atoms with E-state index in [1.165, 1.54) is 12.1 Å². The largest absolute Gasteiger partial charge is 0.389 e. The summed E-state index contributed by atoms with van der Waals surface area (Å²) >= 11 is 4.72. The number of hydrogen-bond donors (Lipinski definition) is 2. The van der Waals surface area contributed by atoms with Crippen LogP contribution in [0, 0.1) is 5.82 Å². The lowest BCUT2D eigenvalue weighted by atomic mass is 10.2. The van der Waals surface area contributed by atoms with E-state index in [9.17, 15) is 12.8 Å². The van der Waals surface area contributed by atoms with Gasteiger partial charge in [-0.25, -0.2) is 17.5 Å². The number of nitrogens with two attached hydrogens (primary N) is 1. The van der Waals surface area contributed by atoms with Gasteiger partial charge in [0.05, 0.1) is 22.7 Å². The maximum absolute atomic E-state index is 13.7. The quantitative estimate of drug-likeness (QED) is 0.810. The number of benzene rings is 1. The van der Waals surface area contributed by atoms with Gasteiger partial charge in [-0.2, -0.15) is 0 Å². The predicted octanol–water partition coefficient (Wildman–Crippen LogP) is 1.33. The van der Waals surface area contributed by atoms with Crippen LogP contribution in [-0.2, 0) is 16.6 Å². The smallest absolute Gasteiger partial charge is 0.241 e. The maximum Gasteiger partial charge on any atom is 0.241 e. The summed E-state index contributed by atoms with van der Waals surface area (Å²) in [4.78, 5) is 3.40. The van der Waals surface area contributed by atoms with Gasteiger partial charge in [0.1, 0.15) is 10.8 Å². The second-order valence-corrected chi connectivity index (χ2v) is 6.30. The van der Waals surface area contributed by atoms with Crippen LogP contribution >= 0.6 is 12.2 Å². The zero-order valence-corrected chi connectivity index (χ0v) is 12.4. The first-order valence-electron chi connectivity index (χ1n) is 5.89. The van der Waals surface area contributed by atoms with E-state index in [0.717, 1.165) is 6.07 Å². The number of nitrogens with zero attached hydrogens (tertiary/aromatic N) is 1. The summed E-state index contributed by atoms with van der Waals surface area (Å²) in [5.74, 6) is -0.775. The van der Waals surface area contributed by atoms with Gasteiger partial charge < -0.3 is 5.73 Å². The third kappa shape index (κ3) is 3.60. The van der Waals surface area contributed by atoms with E-state index < -0.39 is 15.8 Å². The summed E-state index contributed by atoms with van der Waals surface area (Å²) < 4.78 is 40.6. The Balaban J connectivity index is 2.32. The summed E-state index contributed by atoms with van der Waals surface area (Å²) in [5.41, 5.74) is 5.65. The minimum atomic E-state index is -3.95.